The van der Waals surface area contributed by atoms with Crippen molar-refractivity contribution in [2.45, 2.75) is 5.41 Å². The van der Waals surface area contributed by atoms with Gasteiger partial charge >= 0.3 is 0 Å². The van der Waals surface area contributed by atoms with Crippen LogP contribution >= 0.6 is 0 Å². The highest BCUT2D eigenvalue weighted by Gasteiger charge is 2.51. The molecular weight excluding hydrogens is 759 g/mol. The summed E-state index contributed by atoms with van der Waals surface area (Å²) in [4.78, 5) is 19.9. The third-order valence-corrected chi connectivity index (χ3v) is 12.3. The third-order valence-electron chi connectivity index (χ3n) is 12.3. The lowest BCUT2D eigenvalue weighted by molar-refractivity contribution is 0.436. The third kappa shape index (κ3) is 5.80. The molecule has 3 aliphatic rings. The fourth-order valence-electron chi connectivity index (χ4n) is 9.45. The van der Waals surface area contributed by atoms with Crippen molar-refractivity contribution in [2.24, 2.45) is 0 Å². The van der Waals surface area contributed by atoms with Gasteiger partial charge in [-0.25, -0.2) is 15.0 Å². The van der Waals surface area contributed by atoms with E-state index in [-0.39, 0.29) is 0 Å². The number of benzene rings is 6. The number of hydrogen-bond donors (Lipinski definition) is 1. The Morgan fingerprint density at radius 3 is 1.73 bits per heavy atom. The van der Waals surface area contributed by atoms with Gasteiger partial charge < -0.3 is 10.1 Å². The van der Waals surface area contributed by atoms with Gasteiger partial charge in [0, 0.05) is 64.1 Å². The Morgan fingerprint density at radius 1 is 0.452 bits per heavy atom. The van der Waals surface area contributed by atoms with Crippen LogP contribution in [0.1, 0.15) is 27.9 Å². The summed E-state index contributed by atoms with van der Waals surface area (Å²) in [5.74, 6) is 2.31. The van der Waals surface area contributed by atoms with Crippen LogP contribution in [0.3, 0.4) is 0 Å². The molecule has 0 fully saturated rings. The highest BCUT2D eigenvalue weighted by Crippen LogP contribution is 2.62. The van der Waals surface area contributed by atoms with E-state index in [1.807, 2.05) is 54.9 Å². The molecule has 292 valence electrons. The molecule has 12 rings (SSSR count). The number of aromatic nitrogens is 4. The van der Waals surface area contributed by atoms with Gasteiger partial charge in [-0.05, 0) is 94.0 Å². The van der Waals surface area contributed by atoms with E-state index in [0.29, 0.717) is 5.82 Å². The first-order valence-corrected chi connectivity index (χ1v) is 20.9. The summed E-state index contributed by atoms with van der Waals surface area (Å²) in [6, 6.07) is 61.9. The first-order valence-electron chi connectivity index (χ1n) is 20.9. The number of nitrogens with zero attached hydrogens (tertiary/aromatic N) is 4. The lowest BCUT2D eigenvalue weighted by Crippen LogP contribution is -2.32. The minimum Gasteiger partial charge on any atom is -0.457 e. The van der Waals surface area contributed by atoms with Gasteiger partial charge in [0.2, 0.25) is 0 Å². The summed E-state index contributed by atoms with van der Waals surface area (Å²) in [7, 11) is 0. The van der Waals surface area contributed by atoms with E-state index in [9.17, 15) is 0 Å². The van der Waals surface area contributed by atoms with Crippen LogP contribution in [0.25, 0.3) is 73.0 Å². The molecule has 2 aliphatic heterocycles. The summed E-state index contributed by atoms with van der Waals surface area (Å²) in [6.45, 7) is 0.789. The van der Waals surface area contributed by atoms with E-state index in [4.69, 9.17) is 19.7 Å². The van der Waals surface area contributed by atoms with Crippen LogP contribution in [0.15, 0.2) is 207 Å². The molecule has 3 aromatic heterocycles. The molecule has 6 nitrogen and oxygen atoms in total. The second-order valence-corrected chi connectivity index (χ2v) is 15.8. The molecule has 0 saturated carbocycles. The quantitative estimate of drug-likeness (QED) is 0.181. The standard InChI is InChI=1S/C56H37N5O/c1-3-13-36(14-4-1)51-33-52(61-55(60-51)37-15-5-2-6-16-37)39-24-26-54-48(30-39)56(45-21-9-7-19-43(45)44-20-8-10-22-46(44)56)47-29-38(23-25-53(47)62-54)42-31-49(40-17-11-27-57-34-40)59-50(32-42)41-18-12-28-58-35-41/h1-27,29-35,58H,28H2. The minimum absolute atomic E-state index is 0.676. The topological polar surface area (TPSA) is 72.8 Å². The summed E-state index contributed by atoms with van der Waals surface area (Å²) in [6.07, 6.45) is 9.97. The van der Waals surface area contributed by atoms with Crippen molar-refractivity contribution >= 4 is 5.57 Å². The predicted molar refractivity (Wildman–Crippen MR) is 247 cm³/mol. The van der Waals surface area contributed by atoms with Gasteiger partial charge in [-0.2, -0.15) is 0 Å². The molecule has 9 aromatic rings. The predicted octanol–water partition coefficient (Wildman–Crippen LogP) is 12.6. The number of fused-ring (bicyclic) bond motifs is 9. The number of rotatable bonds is 6. The van der Waals surface area contributed by atoms with Crippen molar-refractivity contribution in [3.8, 4) is 78.9 Å². The maximum absolute atomic E-state index is 6.99. The van der Waals surface area contributed by atoms with Crippen LogP contribution in [0.5, 0.6) is 11.5 Å². The van der Waals surface area contributed by atoms with Crippen LogP contribution < -0.4 is 10.1 Å². The summed E-state index contributed by atoms with van der Waals surface area (Å²) in [5, 5.41) is 3.37. The van der Waals surface area contributed by atoms with Crippen LogP contribution in [-0.2, 0) is 5.41 Å². The van der Waals surface area contributed by atoms with Gasteiger partial charge in [-0.3, -0.25) is 4.98 Å². The first-order chi connectivity index (χ1) is 30.7. The Hall–Kier alpha value is -8.22. The Morgan fingerprint density at radius 2 is 1.05 bits per heavy atom. The van der Waals surface area contributed by atoms with E-state index in [1.54, 1.807) is 6.20 Å². The van der Waals surface area contributed by atoms with Crippen LogP contribution in [0, 0.1) is 0 Å². The molecule has 0 bridgehead atoms. The minimum atomic E-state index is -0.708. The molecule has 1 aliphatic carbocycles. The fraction of sp³-hybridized carbons (Fsp3) is 0.0357. The van der Waals surface area contributed by atoms with Gasteiger partial charge in [-0.1, -0.05) is 127 Å². The molecule has 0 radical (unpaired) electrons. The van der Waals surface area contributed by atoms with Gasteiger partial charge in [0.1, 0.15) is 11.5 Å². The molecule has 0 amide bonds. The number of pyridine rings is 2. The zero-order valence-corrected chi connectivity index (χ0v) is 33.5. The molecule has 6 aromatic carbocycles. The van der Waals surface area contributed by atoms with Gasteiger partial charge in [-0.15, -0.1) is 0 Å². The number of allylic oxidation sites excluding steroid dienone is 2. The second-order valence-electron chi connectivity index (χ2n) is 15.8. The molecule has 0 unspecified atom stereocenters. The summed E-state index contributed by atoms with van der Waals surface area (Å²) >= 11 is 0. The molecule has 1 spiro atoms. The van der Waals surface area contributed by atoms with Crippen LogP contribution in [0.2, 0.25) is 0 Å². The van der Waals surface area contributed by atoms with Crippen molar-refractivity contribution in [1.29, 1.82) is 0 Å². The number of nitrogens with one attached hydrogen (secondary N) is 1. The van der Waals surface area contributed by atoms with Gasteiger partial charge in [0.15, 0.2) is 5.82 Å². The van der Waals surface area contributed by atoms with E-state index < -0.39 is 5.41 Å². The van der Waals surface area contributed by atoms with Gasteiger partial charge in [0.25, 0.3) is 0 Å². The monoisotopic (exact) mass is 795 g/mol. The van der Waals surface area contributed by atoms with Crippen molar-refractivity contribution in [3.05, 3.63) is 235 Å². The Labute approximate surface area is 359 Å². The molecule has 6 heteroatoms. The number of ether oxygens (including phenoxy) is 1. The van der Waals surface area contributed by atoms with E-state index in [1.165, 1.54) is 22.3 Å². The van der Waals surface area contributed by atoms with Crippen LogP contribution in [0.4, 0.5) is 0 Å². The number of hydrogen-bond acceptors (Lipinski definition) is 6. The lowest BCUT2D eigenvalue weighted by atomic mass is 9.65. The van der Waals surface area contributed by atoms with E-state index >= 15 is 0 Å². The van der Waals surface area contributed by atoms with Crippen molar-refractivity contribution in [2.75, 3.05) is 6.54 Å². The maximum Gasteiger partial charge on any atom is 0.160 e. The fourth-order valence-corrected chi connectivity index (χ4v) is 9.45. The molecular formula is C56H37N5O. The van der Waals surface area contributed by atoms with E-state index in [0.717, 1.165) is 90.9 Å². The zero-order chi connectivity index (χ0) is 41.0. The molecule has 0 saturated heterocycles. The Balaban J connectivity index is 1.09. The SMILES string of the molecule is C1=CC(c2cc(-c3ccc4c(c3)C3(c5cc(-c6cc(-c7ccccc7)nc(-c7ccccc7)n6)ccc5O4)c4ccccc4-c4ccccc43)cc(-c3cccnc3)n2)=CNC1. The Bertz CT molecular complexity index is 3170. The molecule has 62 heavy (non-hydrogen) atoms. The van der Waals surface area contributed by atoms with Crippen molar-refractivity contribution in [3.63, 3.8) is 0 Å². The average molecular weight is 796 g/mol. The molecule has 0 atom stereocenters. The average Bonchev–Trinajstić information content (AvgIpc) is 3.65. The smallest absolute Gasteiger partial charge is 0.160 e. The maximum atomic E-state index is 6.99. The normalized spacial score (nSPS) is 13.8. The molecule has 1 N–H and O–H groups in total. The highest BCUT2D eigenvalue weighted by atomic mass is 16.5. The first kappa shape index (κ1) is 35.7. The van der Waals surface area contributed by atoms with E-state index in [2.05, 4.69) is 156 Å². The zero-order valence-electron chi connectivity index (χ0n) is 33.5. The highest BCUT2D eigenvalue weighted by molar-refractivity contribution is 5.90. The van der Waals surface area contributed by atoms with Gasteiger partial charge in [0.05, 0.1) is 28.2 Å². The lowest BCUT2D eigenvalue weighted by Gasteiger charge is -2.40. The Kier molecular flexibility index (Phi) is 8.35. The summed E-state index contributed by atoms with van der Waals surface area (Å²) < 4.78 is 6.99. The number of dihydropyridines is 1. The largest absolute Gasteiger partial charge is 0.457 e. The second kappa shape index (κ2) is 14.5. The summed E-state index contributed by atoms with van der Waals surface area (Å²) in [5.41, 5.74) is 16.8. The van der Waals surface area contributed by atoms with Crippen LogP contribution in [-0.4, -0.2) is 26.5 Å². The van der Waals surface area contributed by atoms with Crippen molar-refractivity contribution in [1.82, 2.24) is 25.3 Å². The van der Waals surface area contributed by atoms with Crippen molar-refractivity contribution < 1.29 is 4.74 Å². The molecule has 5 heterocycles.